The second kappa shape index (κ2) is 7.15. The standard InChI is InChI=1S/C19H32O/c1-7-8-12-15-19(5,6)17(18(2,3)4)20-16-13-10-9-11-14-16/h9-11,13-14,17H,7-8,12,15H2,1-6H3. The first-order chi connectivity index (χ1) is 9.27. The van der Waals surface area contributed by atoms with Crippen molar-refractivity contribution in [1.29, 1.82) is 0 Å². The molecule has 0 radical (unpaired) electrons. The Bertz CT molecular complexity index is 373. The Balaban J connectivity index is 2.83. The molecule has 0 amide bonds. The van der Waals surface area contributed by atoms with Crippen LogP contribution in [0, 0.1) is 10.8 Å². The lowest BCUT2D eigenvalue weighted by Crippen LogP contribution is -2.44. The van der Waals surface area contributed by atoms with Gasteiger partial charge in [-0.3, -0.25) is 0 Å². The third-order valence-corrected chi connectivity index (χ3v) is 3.92. The molecule has 0 aromatic heterocycles. The van der Waals surface area contributed by atoms with Gasteiger partial charge in [0.15, 0.2) is 0 Å². The van der Waals surface area contributed by atoms with Crippen molar-refractivity contribution in [1.82, 2.24) is 0 Å². The fourth-order valence-corrected chi connectivity index (χ4v) is 3.11. The number of ether oxygens (including phenoxy) is 1. The Morgan fingerprint density at radius 1 is 0.950 bits per heavy atom. The Labute approximate surface area is 125 Å². The molecule has 1 rings (SSSR count). The predicted molar refractivity (Wildman–Crippen MR) is 88.2 cm³/mol. The Kier molecular flexibility index (Phi) is 6.10. The van der Waals surface area contributed by atoms with Crippen LogP contribution < -0.4 is 4.74 Å². The lowest BCUT2D eigenvalue weighted by Gasteiger charge is -2.42. The van der Waals surface area contributed by atoms with Crippen LogP contribution in [0.15, 0.2) is 30.3 Å². The minimum atomic E-state index is 0.131. The average molecular weight is 276 g/mol. The van der Waals surface area contributed by atoms with Gasteiger partial charge in [-0.1, -0.05) is 79.0 Å². The molecule has 1 atom stereocenters. The summed E-state index contributed by atoms with van der Waals surface area (Å²) in [5, 5.41) is 0. The highest BCUT2D eigenvalue weighted by atomic mass is 16.5. The van der Waals surface area contributed by atoms with Crippen LogP contribution in [-0.2, 0) is 0 Å². The number of unbranched alkanes of at least 4 members (excludes halogenated alkanes) is 2. The highest BCUT2D eigenvalue weighted by Gasteiger charge is 2.39. The van der Waals surface area contributed by atoms with Crippen LogP contribution in [0.2, 0.25) is 0 Å². The minimum Gasteiger partial charge on any atom is -0.489 e. The van der Waals surface area contributed by atoms with E-state index >= 15 is 0 Å². The Morgan fingerprint density at radius 3 is 2.05 bits per heavy atom. The van der Waals surface area contributed by atoms with Crippen LogP contribution in [-0.4, -0.2) is 6.10 Å². The molecule has 0 fully saturated rings. The zero-order valence-corrected chi connectivity index (χ0v) is 14.2. The molecular weight excluding hydrogens is 244 g/mol. The van der Waals surface area contributed by atoms with E-state index < -0.39 is 0 Å². The fourth-order valence-electron chi connectivity index (χ4n) is 3.11. The van der Waals surface area contributed by atoms with Crippen LogP contribution in [0.5, 0.6) is 5.75 Å². The number of hydrogen-bond acceptors (Lipinski definition) is 1. The van der Waals surface area contributed by atoms with Crippen LogP contribution in [0.25, 0.3) is 0 Å². The molecule has 0 aliphatic carbocycles. The minimum absolute atomic E-state index is 0.131. The highest BCUT2D eigenvalue weighted by molar-refractivity contribution is 5.21. The van der Waals surface area contributed by atoms with Gasteiger partial charge < -0.3 is 4.74 Å². The van der Waals surface area contributed by atoms with Crippen LogP contribution in [0.4, 0.5) is 0 Å². The van der Waals surface area contributed by atoms with Crippen molar-refractivity contribution in [3.63, 3.8) is 0 Å². The molecular formula is C19H32O. The quantitative estimate of drug-likeness (QED) is 0.548. The van der Waals surface area contributed by atoms with Crippen LogP contribution in [0.1, 0.15) is 67.2 Å². The van der Waals surface area contributed by atoms with Gasteiger partial charge in [0.25, 0.3) is 0 Å². The van der Waals surface area contributed by atoms with E-state index in [1.165, 1.54) is 25.7 Å². The second-order valence-electron chi connectivity index (χ2n) is 7.62. The van der Waals surface area contributed by atoms with Gasteiger partial charge in [-0.05, 0) is 24.0 Å². The van der Waals surface area contributed by atoms with Gasteiger partial charge in [0.2, 0.25) is 0 Å². The highest BCUT2D eigenvalue weighted by Crippen LogP contribution is 2.40. The van der Waals surface area contributed by atoms with Crippen molar-refractivity contribution in [3.8, 4) is 5.75 Å². The van der Waals surface area contributed by atoms with Crippen molar-refractivity contribution in [2.24, 2.45) is 10.8 Å². The summed E-state index contributed by atoms with van der Waals surface area (Å²) in [6.45, 7) is 13.8. The third-order valence-electron chi connectivity index (χ3n) is 3.92. The topological polar surface area (TPSA) is 9.23 Å². The van der Waals surface area contributed by atoms with Gasteiger partial charge >= 0.3 is 0 Å². The molecule has 1 aromatic rings. The van der Waals surface area contributed by atoms with Crippen molar-refractivity contribution < 1.29 is 4.74 Å². The van der Waals surface area contributed by atoms with Gasteiger partial charge in [-0.2, -0.15) is 0 Å². The predicted octanol–water partition coefficient (Wildman–Crippen LogP) is 6.09. The summed E-state index contributed by atoms with van der Waals surface area (Å²) >= 11 is 0. The molecule has 0 bridgehead atoms. The summed E-state index contributed by atoms with van der Waals surface area (Å²) in [5.74, 6) is 0.982. The van der Waals surface area contributed by atoms with Gasteiger partial charge in [-0.15, -0.1) is 0 Å². The van der Waals surface area contributed by atoms with E-state index in [-0.39, 0.29) is 16.9 Å². The zero-order valence-electron chi connectivity index (χ0n) is 14.2. The number of rotatable bonds is 7. The SMILES string of the molecule is CCCCCC(C)(C)C(Oc1ccccc1)C(C)(C)C. The molecule has 0 aliphatic rings. The number of benzene rings is 1. The molecule has 0 saturated carbocycles. The molecule has 1 unspecified atom stereocenters. The fraction of sp³-hybridized carbons (Fsp3) is 0.684. The van der Waals surface area contributed by atoms with Crippen LogP contribution in [0.3, 0.4) is 0 Å². The van der Waals surface area contributed by atoms with Gasteiger partial charge in [0, 0.05) is 5.41 Å². The first kappa shape index (κ1) is 17.1. The summed E-state index contributed by atoms with van der Waals surface area (Å²) in [7, 11) is 0. The maximum Gasteiger partial charge on any atom is 0.119 e. The van der Waals surface area contributed by atoms with E-state index in [4.69, 9.17) is 4.74 Å². The molecule has 1 aromatic carbocycles. The maximum atomic E-state index is 6.37. The lowest BCUT2D eigenvalue weighted by atomic mass is 9.70. The van der Waals surface area contributed by atoms with Crippen molar-refractivity contribution in [2.45, 2.75) is 73.3 Å². The maximum absolute atomic E-state index is 6.37. The number of hydrogen-bond donors (Lipinski definition) is 0. The van der Waals surface area contributed by atoms with E-state index in [0.29, 0.717) is 0 Å². The number of para-hydroxylation sites is 1. The molecule has 0 saturated heterocycles. The molecule has 0 N–H and O–H groups in total. The third kappa shape index (κ3) is 5.19. The van der Waals surface area contributed by atoms with E-state index in [2.05, 4.69) is 53.7 Å². The summed E-state index contributed by atoms with van der Waals surface area (Å²) in [5.41, 5.74) is 0.314. The lowest BCUT2D eigenvalue weighted by molar-refractivity contribution is -0.0171. The van der Waals surface area contributed by atoms with E-state index in [9.17, 15) is 0 Å². The van der Waals surface area contributed by atoms with Gasteiger partial charge in [0.05, 0.1) is 0 Å². The summed E-state index contributed by atoms with van der Waals surface area (Å²) < 4.78 is 6.37. The molecule has 0 heterocycles. The summed E-state index contributed by atoms with van der Waals surface area (Å²) in [6, 6.07) is 10.2. The van der Waals surface area contributed by atoms with Gasteiger partial charge in [0.1, 0.15) is 11.9 Å². The molecule has 0 spiro atoms. The summed E-state index contributed by atoms with van der Waals surface area (Å²) in [6.07, 6.45) is 5.31. The smallest absolute Gasteiger partial charge is 0.119 e. The van der Waals surface area contributed by atoms with E-state index in [1.807, 2.05) is 18.2 Å². The monoisotopic (exact) mass is 276 g/mol. The van der Waals surface area contributed by atoms with Gasteiger partial charge in [-0.25, -0.2) is 0 Å². The summed E-state index contributed by atoms with van der Waals surface area (Å²) in [4.78, 5) is 0. The zero-order chi connectivity index (χ0) is 15.2. The molecule has 20 heavy (non-hydrogen) atoms. The Morgan fingerprint density at radius 2 is 1.55 bits per heavy atom. The van der Waals surface area contributed by atoms with Crippen molar-refractivity contribution >= 4 is 0 Å². The molecule has 1 nitrogen and oxygen atoms in total. The van der Waals surface area contributed by atoms with Crippen molar-refractivity contribution in [2.75, 3.05) is 0 Å². The largest absolute Gasteiger partial charge is 0.489 e. The Hall–Kier alpha value is -0.980. The van der Waals surface area contributed by atoms with E-state index in [1.54, 1.807) is 0 Å². The molecule has 114 valence electrons. The first-order valence-electron chi connectivity index (χ1n) is 7.99. The average Bonchev–Trinajstić information content (AvgIpc) is 2.36. The first-order valence-corrected chi connectivity index (χ1v) is 7.99. The molecule has 0 aliphatic heterocycles. The van der Waals surface area contributed by atoms with Crippen molar-refractivity contribution in [3.05, 3.63) is 30.3 Å². The van der Waals surface area contributed by atoms with Crippen LogP contribution >= 0.6 is 0 Å². The normalized spacial score (nSPS) is 14.1. The van der Waals surface area contributed by atoms with E-state index in [0.717, 1.165) is 5.75 Å². The molecule has 1 heteroatoms. The second-order valence-corrected chi connectivity index (χ2v) is 7.62.